The molecule has 2 heterocycles. The van der Waals surface area contributed by atoms with Gasteiger partial charge in [-0.05, 0) is 25.5 Å². The maximum absolute atomic E-state index is 12.3. The number of carbonyl (C=O) groups is 2. The van der Waals surface area contributed by atoms with Crippen LogP contribution in [0.25, 0.3) is 0 Å². The van der Waals surface area contributed by atoms with Crippen LogP contribution >= 0.6 is 0 Å². The summed E-state index contributed by atoms with van der Waals surface area (Å²) in [4.78, 5) is 25.9. The molecular formula is C13H14N2O3. The smallest absolute Gasteiger partial charge is 0.263 e. The third-order valence-corrected chi connectivity index (χ3v) is 3.65. The summed E-state index contributed by atoms with van der Waals surface area (Å²) in [6, 6.07) is 4.79. The van der Waals surface area contributed by atoms with Gasteiger partial charge in [0.05, 0.1) is 23.3 Å². The maximum atomic E-state index is 12.3. The Morgan fingerprint density at radius 3 is 2.72 bits per heavy atom. The van der Waals surface area contributed by atoms with Gasteiger partial charge in [0, 0.05) is 12.3 Å². The number of imide groups is 1. The topological polar surface area (TPSA) is 72.6 Å². The Kier molecular flexibility index (Phi) is 2.38. The summed E-state index contributed by atoms with van der Waals surface area (Å²) in [5.41, 5.74) is 6.89. The molecule has 5 heteroatoms. The predicted octanol–water partition coefficient (Wildman–Crippen LogP) is 1.04. The average Bonchev–Trinajstić information content (AvgIpc) is 2.84. The number of nitrogen functional groups attached to an aromatic ring is 1. The zero-order chi connectivity index (χ0) is 12.9. The summed E-state index contributed by atoms with van der Waals surface area (Å²) in [5, 5.41) is 0. The molecule has 2 aliphatic rings. The normalized spacial score (nSPS) is 26.8. The van der Waals surface area contributed by atoms with Crippen LogP contribution in [0.3, 0.4) is 0 Å². The van der Waals surface area contributed by atoms with E-state index in [0.717, 1.165) is 0 Å². The molecule has 1 aromatic carbocycles. The van der Waals surface area contributed by atoms with Gasteiger partial charge in [-0.25, -0.2) is 0 Å². The quantitative estimate of drug-likeness (QED) is 0.593. The first-order chi connectivity index (χ1) is 8.61. The Morgan fingerprint density at radius 2 is 2.11 bits per heavy atom. The molecule has 94 valence electrons. The molecule has 3 rings (SSSR count). The summed E-state index contributed by atoms with van der Waals surface area (Å²) in [5.74, 6) is -0.555. The van der Waals surface area contributed by atoms with Gasteiger partial charge in [-0.3, -0.25) is 14.5 Å². The highest BCUT2D eigenvalue weighted by atomic mass is 16.5. The fourth-order valence-corrected chi connectivity index (χ4v) is 2.69. The van der Waals surface area contributed by atoms with E-state index >= 15 is 0 Å². The number of hydrogen-bond acceptors (Lipinski definition) is 4. The minimum atomic E-state index is -0.296. The zero-order valence-corrected chi connectivity index (χ0v) is 10.1. The molecule has 18 heavy (non-hydrogen) atoms. The average molecular weight is 246 g/mol. The van der Waals surface area contributed by atoms with Crippen molar-refractivity contribution in [2.24, 2.45) is 0 Å². The molecule has 1 aromatic rings. The number of ether oxygens (including phenoxy) is 1. The number of hydrogen-bond donors (Lipinski definition) is 1. The van der Waals surface area contributed by atoms with Crippen molar-refractivity contribution in [2.75, 3.05) is 12.3 Å². The van der Waals surface area contributed by atoms with Gasteiger partial charge in [-0.1, -0.05) is 6.07 Å². The third kappa shape index (κ3) is 1.37. The fourth-order valence-electron chi connectivity index (χ4n) is 2.69. The molecule has 0 aromatic heterocycles. The van der Waals surface area contributed by atoms with Gasteiger partial charge in [-0.2, -0.15) is 0 Å². The zero-order valence-electron chi connectivity index (χ0n) is 10.1. The molecule has 2 unspecified atom stereocenters. The molecule has 0 spiro atoms. The van der Waals surface area contributed by atoms with Crippen molar-refractivity contribution in [1.29, 1.82) is 0 Å². The summed E-state index contributed by atoms with van der Waals surface area (Å²) in [7, 11) is 0. The lowest BCUT2D eigenvalue weighted by molar-refractivity contribution is 0.0455. The van der Waals surface area contributed by atoms with Gasteiger partial charge in [0.1, 0.15) is 0 Å². The summed E-state index contributed by atoms with van der Waals surface area (Å²) in [6.07, 6.45) is 0.570. The third-order valence-electron chi connectivity index (χ3n) is 3.65. The number of carbonyl (C=O) groups excluding carboxylic acids is 2. The molecule has 1 fully saturated rings. The first kappa shape index (κ1) is 11.2. The SMILES string of the molecule is CC1OCCC1N1C(=O)c2cccc(N)c2C1=O. The minimum absolute atomic E-state index is 0.117. The molecular weight excluding hydrogens is 232 g/mol. The Labute approximate surface area is 105 Å². The molecule has 0 bridgehead atoms. The molecule has 5 nitrogen and oxygen atoms in total. The van der Waals surface area contributed by atoms with Gasteiger partial charge in [0.2, 0.25) is 0 Å². The second-order valence-electron chi connectivity index (χ2n) is 4.68. The van der Waals surface area contributed by atoms with Crippen molar-refractivity contribution in [3.63, 3.8) is 0 Å². The molecule has 0 radical (unpaired) electrons. The molecule has 0 saturated carbocycles. The van der Waals surface area contributed by atoms with E-state index in [0.29, 0.717) is 29.8 Å². The van der Waals surface area contributed by atoms with Crippen LogP contribution in [0.1, 0.15) is 34.1 Å². The number of nitrogens with zero attached hydrogens (tertiary/aromatic N) is 1. The van der Waals surface area contributed by atoms with Crippen LogP contribution in [-0.4, -0.2) is 35.5 Å². The van der Waals surface area contributed by atoms with Crippen LogP contribution in [0.5, 0.6) is 0 Å². The van der Waals surface area contributed by atoms with Gasteiger partial charge >= 0.3 is 0 Å². The minimum Gasteiger partial charge on any atom is -0.398 e. The first-order valence-corrected chi connectivity index (χ1v) is 5.99. The lowest BCUT2D eigenvalue weighted by atomic mass is 10.1. The number of anilines is 1. The Morgan fingerprint density at radius 1 is 1.33 bits per heavy atom. The van der Waals surface area contributed by atoms with E-state index < -0.39 is 0 Å². The van der Waals surface area contributed by atoms with E-state index in [1.807, 2.05) is 6.92 Å². The molecule has 1 saturated heterocycles. The Bertz CT molecular complexity index is 541. The first-order valence-electron chi connectivity index (χ1n) is 5.99. The van der Waals surface area contributed by atoms with Crippen molar-refractivity contribution in [2.45, 2.75) is 25.5 Å². The van der Waals surface area contributed by atoms with E-state index in [-0.39, 0.29) is 24.0 Å². The van der Waals surface area contributed by atoms with Gasteiger partial charge in [0.25, 0.3) is 11.8 Å². The standard InChI is InChI=1S/C13H14N2O3/c1-7-10(5-6-18-7)15-12(16)8-3-2-4-9(14)11(8)13(15)17/h2-4,7,10H,5-6,14H2,1H3. The number of fused-ring (bicyclic) bond motifs is 1. The highest BCUT2D eigenvalue weighted by Crippen LogP contribution is 2.32. The predicted molar refractivity (Wildman–Crippen MR) is 65.2 cm³/mol. The maximum Gasteiger partial charge on any atom is 0.263 e. The fraction of sp³-hybridized carbons (Fsp3) is 0.385. The number of nitrogens with two attached hydrogens (primary N) is 1. The van der Waals surface area contributed by atoms with E-state index in [1.165, 1.54) is 4.90 Å². The van der Waals surface area contributed by atoms with Crippen LogP contribution < -0.4 is 5.73 Å². The highest BCUT2D eigenvalue weighted by Gasteiger charge is 2.44. The van der Waals surface area contributed by atoms with Crippen LogP contribution in [0.15, 0.2) is 18.2 Å². The van der Waals surface area contributed by atoms with Gasteiger partial charge < -0.3 is 10.5 Å². The molecule has 2 N–H and O–H groups in total. The number of amides is 2. The molecule has 2 atom stereocenters. The van der Waals surface area contributed by atoms with Crippen molar-refractivity contribution in [3.8, 4) is 0 Å². The van der Waals surface area contributed by atoms with Gasteiger partial charge in [-0.15, -0.1) is 0 Å². The second-order valence-corrected chi connectivity index (χ2v) is 4.68. The number of benzene rings is 1. The van der Waals surface area contributed by atoms with Crippen LogP contribution in [0.4, 0.5) is 5.69 Å². The lowest BCUT2D eigenvalue weighted by Crippen LogP contribution is -2.43. The molecule has 0 aliphatic carbocycles. The van der Waals surface area contributed by atoms with E-state index in [2.05, 4.69) is 0 Å². The lowest BCUT2D eigenvalue weighted by Gasteiger charge is -2.24. The van der Waals surface area contributed by atoms with E-state index in [1.54, 1.807) is 18.2 Å². The summed E-state index contributed by atoms with van der Waals surface area (Å²) in [6.45, 7) is 2.46. The second kappa shape index (κ2) is 3.81. The van der Waals surface area contributed by atoms with Crippen molar-refractivity contribution < 1.29 is 14.3 Å². The van der Waals surface area contributed by atoms with Crippen molar-refractivity contribution in [1.82, 2.24) is 4.90 Å². The molecule has 2 aliphatic heterocycles. The van der Waals surface area contributed by atoms with Crippen molar-refractivity contribution >= 4 is 17.5 Å². The Balaban J connectivity index is 2.05. The summed E-state index contributed by atoms with van der Waals surface area (Å²) < 4.78 is 5.43. The van der Waals surface area contributed by atoms with Gasteiger partial charge in [0.15, 0.2) is 0 Å². The largest absolute Gasteiger partial charge is 0.398 e. The monoisotopic (exact) mass is 246 g/mol. The van der Waals surface area contributed by atoms with Crippen LogP contribution in [0.2, 0.25) is 0 Å². The van der Waals surface area contributed by atoms with E-state index in [4.69, 9.17) is 10.5 Å². The number of rotatable bonds is 1. The van der Waals surface area contributed by atoms with E-state index in [9.17, 15) is 9.59 Å². The van der Waals surface area contributed by atoms with Crippen LogP contribution in [-0.2, 0) is 4.74 Å². The Hall–Kier alpha value is -1.88. The van der Waals surface area contributed by atoms with Crippen molar-refractivity contribution in [3.05, 3.63) is 29.3 Å². The summed E-state index contributed by atoms with van der Waals surface area (Å²) >= 11 is 0. The highest BCUT2D eigenvalue weighted by molar-refractivity contribution is 6.23. The van der Waals surface area contributed by atoms with Crippen LogP contribution in [0, 0.1) is 0 Å². The molecule has 2 amide bonds.